The SMILES string of the molecule is COc1ccc(CC(C)N(C)Cc2cc(-c3ccc(C)cc3)no2)cc1. The standard InChI is InChI=1S/C22H26N2O2/c1-16-5-9-19(10-6-16)22-14-21(26-23-22)15-24(3)17(2)13-18-7-11-20(25-4)12-8-18/h5-12,14,17H,13,15H2,1-4H3. The van der Waals surface area contributed by atoms with Crippen molar-refractivity contribution in [3.63, 3.8) is 0 Å². The highest BCUT2D eigenvalue weighted by atomic mass is 16.5. The molecule has 0 aliphatic heterocycles. The third kappa shape index (κ3) is 4.52. The van der Waals surface area contributed by atoms with Crippen molar-refractivity contribution in [1.29, 1.82) is 0 Å². The van der Waals surface area contributed by atoms with Crippen molar-refractivity contribution < 1.29 is 9.26 Å². The predicted octanol–water partition coefficient (Wildman–Crippen LogP) is 4.72. The molecule has 0 spiro atoms. The number of hydrogen-bond donors (Lipinski definition) is 0. The summed E-state index contributed by atoms with van der Waals surface area (Å²) in [6, 6.07) is 19.0. The maximum Gasteiger partial charge on any atom is 0.151 e. The Morgan fingerprint density at radius 3 is 2.42 bits per heavy atom. The van der Waals surface area contributed by atoms with E-state index >= 15 is 0 Å². The van der Waals surface area contributed by atoms with Crippen LogP contribution in [0.25, 0.3) is 11.3 Å². The minimum atomic E-state index is 0.385. The third-order valence-electron chi connectivity index (χ3n) is 4.75. The third-order valence-corrected chi connectivity index (χ3v) is 4.75. The first-order chi connectivity index (χ1) is 12.5. The van der Waals surface area contributed by atoms with Gasteiger partial charge < -0.3 is 9.26 Å². The van der Waals surface area contributed by atoms with Gasteiger partial charge >= 0.3 is 0 Å². The molecule has 3 aromatic rings. The predicted molar refractivity (Wildman–Crippen MR) is 104 cm³/mol. The molecule has 0 saturated carbocycles. The van der Waals surface area contributed by atoms with E-state index in [9.17, 15) is 0 Å². The van der Waals surface area contributed by atoms with Gasteiger partial charge in [-0.1, -0.05) is 47.1 Å². The van der Waals surface area contributed by atoms with Crippen LogP contribution in [0.15, 0.2) is 59.1 Å². The Balaban J connectivity index is 1.60. The Hall–Kier alpha value is -2.59. The largest absolute Gasteiger partial charge is 0.497 e. The zero-order valence-electron chi connectivity index (χ0n) is 15.9. The molecule has 0 N–H and O–H groups in total. The van der Waals surface area contributed by atoms with Gasteiger partial charge in [-0.3, -0.25) is 4.90 Å². The molecule has 26 heavy (non-hydrogen) atoms. The van der Waals surface area contributed by atoms with Crippen LogP contribution in [-0.2, 0) is 13.0 Å². The maximum atomic E-state index is 5.54. The van der Waals surface area contributed by atoms with Crippen LogP contribution in [0.5, 0.6) is 5.75 Å². The first-order valence-corrected chi connectivity index (χ1v) is 8.91. The number of likely N-dealkylation sites (N-methyl/N-ethyl adjacent to an activating group) is 1. The second-order valence-corrected chi connectivity index (χ2v) is 6.86. The van der Waals surface area contributed by atoms with E-state index < -0.39 is 0 Å². The molecule has 1 atom stereocenters. The highest BCUT2D eigenvalue weighted by Crippen LogP contribution is 2.21. The summed E-state index contributed by atoms with van der Waals surface area (Å²) in [7, 11) is 3.80. The summed E-state index contributed by atoms with van der Waals surface area (Å²) in [4.78, 5) is 2.28. The molecule has 0 amide bonds. The average Bonchev–Trinajstić information content (AvgIpc) is 3.11. The first-order valence-electron chi connectivity index (χ1n) is 8.91. The molecular formula is C22H26N2O2. The lowest BCUT2D eigenvalue weighted by molar-refractivity contribution is 0.218. The second-order valence-electron chi connectivity index (χ2n) is 6.86. The number of methoxy groups -OCH3 is 1. The van der Waals surface area contributed by atoms with Gasteiger partial charge in [-0.15, -0.1) is 0 Å². The van der Waals surface area contributed by atoms with Gasteiger partial charge in [-0.2, -0.15) is 0 Å². The number of aryl methyl sites for hydroxylation is 1. The van der Waals surface area contributed by atoms with Gasteiger partial charge in [0.2, 0.25) is 0 Å². The lowest BCUT2D eigenvalue weighted by atomic mass is 10.1. The molecule has 0 bridgehead atoms. The number of nitrogens with zero attached hydrogens (tertiary/aromatic N) is 2. The normalized spacial score (nSPS) is 12.3. The van der Waals surface area contributed by atoms with E-state index in [1.807, 2.05) is 18.2 Å². The Bertz CT molecular complexity index is 822. The van der Waals surface area contributed by atoms with Gasteiger partial charge in [0.15, 0.2) is 5.76 Å². The van der Waals surface area contributed by atoms with Crippen LogP contribution < -0.4 is 4.74 Å². The van der Waals surface area contributed by atoms with E-state index in [1.165, 1.54) is 11.1 Å². The summed E-state index contributed by atoms with van der Waals surface area (Å²) in [5.41, 5.74) is 4.50. The Labute approximate surface area is 155 Å². The number of hydrogen-bond acceptors (Lipinski definition) is 4. The number of rotatable bonds is 7. The van der Waals surface area contributed by atoms with Crippen LogP contribution in [0, 0.1) is 6.92 Å². The summed E-state index contributed by atoms with van der Waals surface area (Å²) in [6.45, 7) is 5.04. The molecule has 0 saturated heterocycles. The van der Waals surface area contributed by atoms with Crippen LogP contribution in [0.3, 0.4) is 0 Å². The molecule has 2 aromatic carbocycles. The van der Waals surface area contributed by atoms with Crippen molar-refractivity contribution in [2.45, 2.75) is 32.9 Å². The van der Waals surface area contributed by atoms with Crippen LogP contribution in [0.1, 0.15) is 23.8 Å². The average molecular weight is 350 g/mol. The number of ether oxygens (including phenoxy) is 1. The van der Waals surface area contributed by atoms with Gasteiger partial charge in [-0.25, -0.2) is 0 Å². The molecular weight excluding hydrogens is 324 g/mol. The molecule has 1 unspecified atom stereocenters. The van der Waals surface area contributed by atoms with Crippen LogP contribution in [0.4, 0.5) is 0 Å². The lowest BCUT2D eigenvalue weighted by Gasteiger charge is -2.23. The summed E-state index contributed by atoms with van der Waals surface area (Å²) in [6.07, 6.45) is 0.972. The first kappa shape index (κ1) is 18.2. The van der Waals surface area contributed by atoms with E-state index in [-0.39, 0.29) is 0 Å². The lowest BCUT2D eigenvalue weighted by Crippen LogP contribution is -2.30. The van der Waals surface area contributed by atoms with Gasteiger partial charge in [0, 0.05) is 17.7 Å². The summed E-state index contributed by atoms with van der Waals surface area (Å²) in [5, 5.41) is 4.22. The monoisotopic (exact) mass is 350 g/mol. The smallest absolute Gasteiger partial charge is 0.151 e. The van der Waals surface area contributed by atoms with E-state index in [2.05, 4.69) is 67.3 Å². The molecule has 4 heteroatoms. The van der Waals surface area contributed by atoms with Crippen molar-refractivity contribution in [3.8, 4) is 17.0 Å². The maximum absolute atomic E-state index is 5.54. The fourth-order valence-corrected chi connectivity index (χ4v) is 2.91. The zero-order chi connectivity index (χ0) is 18.5. The van der Waals surface area contributed by atoms with Gasteiger partial charge in [-0.05, 0) is 45.0 Å². The summed E-state index contributed by atoms with van der Waals surface area (Å²) in [5.74, 6) is 1.77. The van der Waals surface area contributed by atoms with Gasteiger partial charge in [0.25, 0.3) is 0 Å². The topological polar surface area (TPSA) is 38.5 Å². The molecule has 0 radical (unpaired) electrons. The van der Waals surface area contributed by atoms with E-state index in [4.69, 9.17) is 9.26 Å². The van der Waals surface area contributed by atoms with Crippen molar-refractivity contribution in [2.24, 2.45) is 0 Å². The van der Waals surface area contributed by atoms with Crippen LogP contribution in [-0.4, -0.2) is 30.3 Å². The quantitative estimate of drug-likeness (QED) is 0.618. The van der Waals surface area contributed by atoms with E-state index in [0.717, 1.165) is 35.7 Å². The Morgan fingerprint density at radius 2 is 1.77 bits per heavy atom. The molecule has 3 rings (SSSR count). The minimum Gasteiger partial charge on any atom is -0.497 e. The second kappa shape index (κ2) is 8.19. The highest BCUT2D eigenvalue weighted by molar-refractivity contribution is 5.59. The molecule has 136 valence electrons. The molecule has 0 aliphatic carbocycles. The minimum absolute atomic E-state index is 0.385. The van der Waals surface area contributed by atoms with Crippen molar-refractivity contribution in [1.82, 2.24) is 10.1 Å². The summed E-state index contributed by atoms with van der Waals surface area (Å²) >= 11 is 0. The Kier molecular flexibility index (Phi) is 5.74. The van der Waals surface area contributed by atoms with Crippen molar-refractivity contribution in [2.75, 3.05) is 14.2 Å². The van der Waals surface area contributed by atoms with Crippen molar-refractivity contribution in [3.05, 3.63) is 71.5 Å². The molecule has 4 nitrogen and oxygen atoms in total. The zero-order valence-corrected chi connectivity index (χ0v) is 15.9. The fourth-order valence-electron chi connectivity index (χ4n) is 2.91. The molecule has 1 heterocycles. The fraction of sp³-hybridized carbons (Fsp3) is 0.318. The molecule has 1 aromatic heterocycles. The molecule has 0 fully saturated rings. The number of aromatic nitrogens is 1. The summed E-state index contributed by atoms with van der Waals surface area (Å²) < 4.78 is 10.8. The Morgan fingerprint density at radius 1 is 1.08 bits per heavy atom. The van der Waals surface area contributed by atoms with Crippen molar-refractivity contribution >= 4 is 0 Å². The number of benzene rings is 2. The van der Waals surface area contributed by atoms with Crippen LogP contribution in [0.2, 0.25) is 0 Å². The van der Waals surface area contributed by atoms with E-state index in [0.29, 0.717) is 6.04 Å². The highest BCUT2D eigenvalue weighted by Gasteiger charge is 2.14. The van der Waals surface area contributed by atoms with Gasteiger partial charge in [0.1, 0.15) is 11.4 Å². The van der Waals surface area contributed by atoms with Crippen LogP contribution >= 0.6 is 0 Å². The van der Waals surface area contributed by atoms with E-state index in [1.54, 1.807) is 7.11 Å². The van der Waals surface area contributed by atoms with Gasteiger partial charge in [0.05, 0.1) is 13.7 Å². The molecule has 0 aliphatic rings.